The molecule has 1 atom stereocenters. The minimum Gasteiger partial charge on any atom is -0.410 e. The number of hydrogen-bond donors (Lipinski definition) is 0. The monoisotopic (exact) mass is 306 g/mol. The van der Waals surface area contributed by atoms with Gasteiger partial charge in [-0.15, -0.1) is 0 Å². The summed E-state index contributed by atoms with van der Waals surface area (Å²) in [6.45, 7) is 10.8. The van der Waals surface area contributed by atoms with Gasteiger partial charge in [-0.1, -0.05) is 44.0 Å². The quantitative estimate of drug-likeness (QED) is 0.640. The largest absolute Gasteiger partial charge is 0.410 e. The molecule has 0 saturated heterocycles. The molecular formula is C18H27FOSi. The predicted molar refractivity (Wildman–Crippen MR) is 90.2 cm³/mol. The van der Waals surface area contributed by atoms with Gasteiger partial charge in [0.1, 0.15) is 5.82 Å². The van der Waals surface area contributed by atoms with Crippen molar-refractivity contribution in [2.75, 3.05) is 0 Å². The van der Waals surface area contributed by atoms with Crippen molar-refractivity contribution in [1.29, 1.82) is 0 Å². The van der Waals surface area contributed by atoms with Crippen molar-refractivity contribution >= 4 is 13.9 Å². The molecule has 0 heterocycles. The predicted octanol–water partition coefficient (Wildman–Crippen LogP) is 5.64. The Morgan fingerprint density at radius 2 is 1.81 bits per heavy atom. The van der Waals surface area contributed by atoms with Gasteiger partial charge in [0, 0.05) is 5.56 Å². The summed E-state index contributed by atoms with van der Waals surface area (Å²) in [7, 11) is -1.70. The van der Waals surface area contributed by atoms with Gasteiger partial charge in [0.05, 0.1) is 6.10 Å². The van der Waals surface area contributed by atoms with Gasteiger partial charge in [-0.05, 0) is 50.0 Å². The Labute approximate surface area is 129 Å². The van der Waals surface area contributed by atoms with Crippen molar-refractivity contribution in [2.24, 2.45) is 5.92 Å². The molecule has 0 bridgehead atoms. The summed E-state index contributed by atoms with van der Waals surface area (Å²) in [5.74, 6) is 0.292. The van der Waals surface area contributed by atoms with Crippen LogP contribution in [0.25, 0.3) is 5.57 Å². The lowest BCUT2D eigenvalue weighted by atomic mass is 9.81. The molecule has 2 rings (SSSR count). The fourth-order valence-electron chi connectivity index (χ4n) is 3.14. The maximum atomic E-state index is 14.1. The summed E-state index contributed by atoms with van der Waals surface area (Å²) in [5.41, 5.74) is 1.44. The number of hydrogen-bond acceptors (Lipinski definition) is 1. The molecule has 3 heteroatoms. The topological polar surface area (TPSA) is 9.23 Å². The van der Waals surface area contributed by atoms with Crippen LogP contribution in [0.3, 0.4) is 0 Å². The van der Waals surface area contributed by atoms with Gasteiger partial charge in [-0.2, -0.15) is 0 Å². The van der Waals surface area contributed by atoms with Crippen LogP contribution in [0.1, 0.15) is 37.7 Å². The lowest BCUT2D eigenvalue weighted by Crippen LogP contribution is -2.37. The lowest BCUT2D eigenvalue weighted by Gasteiger charge is -2.36. The van der Waals surface area contributed by atoms with Crippen LogP contribution in [-0.2, 0) is 4.43 Å². The van der Waals surface area contributed by atoms with Gasteiger partial charge < -0.3 is 4.43 Å². The SMILES string of the molecule is C=C(c1ccccc1F)C(O[Si](C)(C)C)C1CCCCC1. The van der Waals surface area contributed by atoms with Crippen LogP contribution in [0, 0.1) is 11.7 Å². The minimum atomic E-state index is -1.70. The van der Waals surface area contributed by atoms with E-state index in [1.807, 2.05) is 12.1 Å². The molecule has 0 N–H and O–H groups in total. The smallest absolute Gasteiger partial charge is 0.184 e. The molecule has 1 aromatic carbocycles. The zero-order valence-corrected chi connectivity index (χ0v) is 14.5. The molecular weight excluding hydrogens is 279 g/mol. The molecule has 0 aromatic heterocycles. The molecule has 1 unspecified atom stereocenters. The summed E-state index contributed by atoms with van der Waals surface area (Å²) in [4.78, 5) is 0. The van der Waals surface area contributed by atoms with Gasteiger partial charge in [-0.3, -0.25) is 0 Å². The summed E-state index contributed by atoms with van der Waals surface area (Å²) in [6, 6.07) is 6.92. The summed E-state index contributed by atoms with van der Waals surface area (Å²) >= 11 is 0. The second-order valence-electron chi connectivity index (χ2n) is 7.05. The van der Waals surface area contributed by atoms with E-state index in [1.165, 1.54) is 38.2 Å². The maximum absolute atomic E-state index is 14.1. The van der Waals surface area contributed by atoms with Crippen LogP contribution in [-0.4, -0.2) is 14.4 Å². The molecule has 0 spiro atoms. The van der Waals surface area contributed by atoms with E-state index in [2.05, 4.69) is 26.2 Å². The Hall–Kier alpha value is -0.933. The standard InChI is InChI=1S/C18H27FOSi/c1-14(16-12-8-9-13-17(16)19)18(20-21(2,3)4)15-10-6-5-7-11-15/h8-9,12-13,15,18H,1,5-7,10-11H2,2-4H3. The Morgan fingerprint density at radius 1 is 1.19 bits per heavy atom. The highest BCUT2D eigenvalue weighted by atomic mass is 28.4. The highest BCUT2D eigenvalue weighted by molar-refractivity contribution is 6.69. The average molecular weight is 306 g/mol. The zero-order chi connectivity index (χ0) is 15.5. The summed E-state index contributed by atoms with van der Waals surface area (Å²) in [6.07, 6.45) is 6.11. The van der Waals surface area contributed by atoms with Gasteiger partial charge in [0.25, 0.3) is 0 Å². The first kappa shape index (κ1) is 16.4. The first-order valence-electron chi connectivity index (χ1n) is 8.00. The first-order chi connectivity index (χ1) is 9.88. The molecule has 1 nitrogen and oxygen atoms in total. The molecule has 1 fully saturated rings. The van der Waals surface area contributed by atoms with Crippen molar-refractivity contribution in [3.05, 3.63) is 42.2 Å². The van der Waals surface area contributed by atoms with E-state index in [4.69, 9.17) is 4.43 Å². The van der Waals surface area contributed by atoms with Gasteiger partial charge in [0.15, 0.2) is 8.32 Å². The van der Waals surface area contributed by atoms with Gasteiger partial charge >= 0.3 is 0 Å². The van der Waals surface area contributed by atoms with Crippen LogP contribution in [0.15, 0.2) is 30.8 Å². The Bertz CT molecular complexity index is 486. The zero-order valence-electron chi connectivity index (χ0n) is 13.5. The van der Waals surface area contributed by atoms with E-state index in [1.54, 1.807) is 6.07 Å². The Balaban J connectivity index is 2.25. The number of halogens is 1. The van der Waals surface area contributed by atoms with Crippen LogP contribution in [0.2, 0.25) is 19.6 Å². The molecule has 1 aliphatic rings. The third-order valence-electron chi connectivity index (χ3n) is 4.12. The van der Waals surface area contributed by atoms with Crippen LogP contribution in [0.5, 0.6) is 0 Å². The van der Waals surface area contributed by atoms with Crippen LogP contribution < -0.4 is 0 Å². The number of benzene rings is 1. The molecule has 1 aromatic rings. The van der Waals surface area contributed by atoms with Crippen molar-refractivity contribution in [2.45, 2.75) is 57.8 Å². The average Bonchev–Trinajstić information content (AvgIpc) is 2.45. The van der Waals surface area contributed by atoms with Gasteiger partial charge in [-0.25, -0.2) is 4.39 Å². The fraction of sp³-hybridized carbons (Fsp3) is 0.556. The normalized spacial score (nSPS) is 18.5. The van der Waals surface area contributed by atoms with E-state index in [0.29, 0.717) is 11.5 Å². The minimum absolute atomic E-state index is 0.0335. The third-order valence-corrected chi connectivity index (χ3v) is 5.08. The molecule has 0 radical (unpaired) electrons. The second kappa shape index (κ2) is 6.88. The number of rotatable bonds is 5. The van der Waals surface area contributed by atoms with Crippen molar-refractivity contribution < 1.29 is 8.82 Å². The van der Waals surface area contributed by atoms with E-state index in [-0.39, 0.29) is 11.9 Å². The summed E-state index contributed by atoms with van der Waals surface area (Å²) < 4.78 is 20.5. The second-order valence-corrected chi connectivity index (χ2v) is 11.5. The van der Waals surface area contributed by atoms with Gasteiger partial charge in [0.2, 0.25) is 0 Å². The first-order valence-corrected chi connectivity index (χ1v) is 11.4. The Morgan fingerprint density at radius 3 is 2.38 bits per heavy atom. The Kier molecular flexibility index (Phi) is 5.39. The van der Waals surface area contributed by atoms with E-state index >= 15 is 0 Å². The van der Waals surface area contributed by atoms with Crippen LogP contribution >= 0.6 is 0 Å². The molecule has 0 aliphatic heterocycles. The van der Waals surface area contributed by atoms with E-state index in [9.17, 15) is 4.39 Å². The highest BCUT2D eigenvalue weighted by Crippen LogP contribution is 2.36. The van der Waals surface area contributed by atoms with Crippen molar-refractivity contribution in [3.8, 4) is 0 Å². The third kappa shape index (κ3) is 4.52. The molecule has 1 aliphatic carbocycles. The van der Waals surface area contributed by atoms with E-state index in [0.717, 1.165) is 5.57 Å². The van der Waals surface area contributed by atoms with Crippen LogP contribution in [0.4, 0.5) is 4.39 Å². The highest BCUT2D eigenvalue weighted by Gasteiger charge is 2.32. The van der Waals surface area contributed by atoms with Crippen molar-refractivity contribution in [3.63, 3.8) is 0 Å². The maximum Gasteiger partial charge on any atom is 0.184 e. The van der Waals surface area contributed by atoms with Crippen molar-refractivity contribution in [1.82, 2.24) is 0 Å². The molecule has 116 valence electrons. The molecule has 0 amide bonds. The van der Waals surface area contributed by atoms with E-state index < -0.39 is 8.32 Å². The summed E-state index contributed by atoms with van der Waals surface area (Å²) in [5, 5.41) is 0. The fourth-order valence-corrected chi connectivity index (χ4v) is 4.24. The lowest BCUT2D eigenvalue weighted by molar-refractivity contribution is 0.148. The molecule has 1 saturated carbocycles. The molecule has 21 heavy (non-hydrogen) atoms.